The number of nitrogens with zero attached hydrogens (tertiary/aromatic N) is 4. The maximum Gasteiger partial charge on any atom is 0.319 e. The molecule has 0 aliphatic carbocycles. The van der Waals surface area contributed by atoms with Crippen molar-refractivity contribution >= 4 is 17.5 Å². The number of nitrogens with one attached hydrogen (secondary N) is 3. The van der Waals surface area contributed by atoms with Crippen molar-refractivity contribution in [1.29, 1.82) is 0 Å². The Hall–Kier alpha value is -3.76. The summed E-state index contributed by atoms with van der Waals surface area (Å²) in [7, 11) is 1.58. The van der Waals surface area contributed by atoms with Crippen LogP contribution in [0.2, 0.25) is 0 Å². The first-order valence-electron chi connectivity index (χ1n) is 13.2. The molecule has 202 valence electrons. The maximum atomic E-state index is 12.5. The standard InChI is InChI=1S/C28H37N7O3/c1-3-6-23(22-7-4-10-29-18-22)32-27-20-30-19-25(33-27)21-8-9-24(26(17-21)37-2)34-28(36)31-11-5-12-35-13-15-38-16-14-35/h4,7-10,17-20,23H,3,5-6,11-16H2,1-2H3,(H,32,33)(H2,31,34,36). The number of carbonyl (C=O) groups excluding carboxylic acids is 1. The lowest BCUT2D eigenvalue weighted by atomic mass is 10.0. The number of hydrogen-bond acceptors (Lipinski definition) is 8. The van der Waals surface area contributed by atoms with Crippen molar-refractivity contribution in [2.24, 2.45) is 0 Å². The largest absolute Gasteiger partial charge is 0.495 e. The minimum atomic E-state index is -0.263. The van der Waals surface area contributed by atoms with Gasteiger partial charge in [0.25, 0.3) is 0 Å². The Morgan fingerprint density at radius 2 is 2.03 bits per heavy atom. The SMILES string of the molecule is CCCC(Nc1cncc(-c2ccc(NC(=O)NCCCN3CCOCC3)c(OC)c2)n1)c1cccnc1. The normalized spacial score (nSPS) is 14.5. The maximum absolute atomic E-state index is 12.5. The molecule has 10 nitrogen and oxygen atoms in total. The number of urea groups is 1. The Labute approximate surface area is 224 Å². The Morgan fingerprint density at radius 1 is 1.16 bits per heavy atom. The fourth-order valence-electron chi connectivity index (χ4n) is 4.40. The van der Waals surface area contributed by atoms with Gasteiger partial charge in [-0.1, -0.05) is 25.5 Å². The number of morpholine rings is 1. The van der Waals surface area contributed by atoms with Crippen LogP contribution in [0.25, 0.3) is 11.3 Å². The average molecular weight is 520 g/mol. The van der Waals surface area contributed by atoms with Crippen molar-refractivity contribution in [2.75, 3.05) is 57.1 Å². The molecule has 2 amide bonds. The van der Waals surface area contributed by atoms with E-state index in [9.17, 15) is 4.79 Å². The lowest BCUT2D eigenvalue weighted by Crippen LogP contribution is -2.38. The summed E-state index contributed by atoms with van der Waals surface area (Å²) >= 11 is 0. The molecule has 1 unspecified atom stereocenters. The van der Waals surface area contributed by atoms with Crippen LogP contribution in [0.15, 0.2) is 55.1 Å². The van der Waals surface area contributed by atoms with Crippen LogP contribution in [-0.2, 0) is 4.74 Å². The summed E-state index contributed by atoms with van der Waals surface area (Å²) in [5, 5.41) is 9.30. The summed E-state index contributed by atoms with van der Waals surface area (Å²) < 4.78 is 10.9. The molecule has 1 aromatic carbocycles. The fourth-order valence-corrected chi connectivity index (χ4v) is 4.40. The summed E-state index contributed by atoms with van der Waals surface area (Å²) in [5.41, 5.74) is 3.23. The van der Waals surface area contributed by atoms with Gasteiger partial charge in [-0.15, -0.1) is 0 Å². The quantitative estimate of drug-likeness (QED) is 0.303. The van der Waals surface area contributed by atoms with Crippen LogP contribution in [0.1, 0.15) is 37.8 Å². The molecule has 1 aliphatic heterocycles. The van der Waals surface area contributed by atoms with Crippen molar-refractivity contribution in [3.05, 3.63) is 60.7 Å². The van der Waals surface area contributed by atoms with E-state index in [4.69, 9.17) is 14.5 Å². The molecule has 1 aliphatic rings. The topological polar surface area (TPSA) is 114 Å². The van der Waals surface area contributed by atoms with Crippen LogP contribution < -0.4 is 20.7 Å². The zero-order valence-corrected chi connectivity index (χ0v) is 22.2. The van der Waals surface area contributed by atoms with Crippen LogP contribution in [0.3, 0.4) is 0 Å². The predicted octanol–water partition coefficient (Wildman–Crippen LogP) is 4.34. The molecule has 0 bridgehead atoms. The van der Waals surface area contributed by atoms with E-state index >= 15 is 0 Å². The van der Waals surface area contributed by atoms with Gasteiger partial charge in [0.2, 0.25) is 0 Å². The molecule has 1 saturated heterocycles. The van der Waals surface area contributed by atoms with Gasteiger partial charge >= 0.3 is 6.03 Å². The highest BCUT2D eigenvalue weighted by molar-refractivity contribution is 5.91. The third kappa shape index (κ3) is 7.87. The van der Waals surface area contributed by atoms with Gasteiger partial charge in [0.1, 0.15) is 11.6 Å². The van der Waals surface area contributed by atoms with Crippen molar-refractivity contribution in [3.8, 4) is 17.0 Å². The highest BCUT2D eigenvalue weighted by atomic mass is 16.5. The second-order valence-corrected chi connectivity index (χ2v) is 9.17. The summed E-state index contributed by atoms with van der Waals surface area (Å²) in [6.07, 6.45) is 9.93. The molecule has 0 spiro atoms. The van der Waals surface area contributed by atoms with Gasteiger partial charge < -0.3 is 25.4 Å². The lowest BCUT2D eigenvalue weighted by molar-refractivity contribution is 0.0375. The van der Waals surface area contributed by atoms with Crippen molar-refractivity contribution in [3.63, 3.8) is 0 Å². The van der Waals surface area contributed by atoms with Gasteiger partial charge in [-0.05, 0) is 43.1 Å². The molecule has 4 rings (SSSR count). The van der Waals surface area contributed by atoms with Gasteiger partial charge in [0, 0.05) is 37.6 Å². The minimum absolute atomic E-state index is 0.0896. The molecule has 10 heteroatoms. The van der Waals surface area contributed by atoms with Crippen LogP contribution in [0.5, 0.6) is 5.75 Å². The summed E-state index contributed by atoms with van der Waals surface area (Å²) in [6.45, 7) is 7.14. The Bertz CT molecular complexity index is 1160. The molecular weight excluding hydrogens is 482 g/mol. The molecule has 0 saturated carbocycles. The number of hydrogen-bond donors (Lipinski definition) is 3. The smallest absolute Gasteiger partial charge is 0.319 e. The van der Waals surface area contributed by atoms with Gasteiger partial charge in [-0.3, -0.25) is 14.9 Å². The summed E-state index contributed by atoms with van der Waals surface area (Å²) in [5.74, 6) is 1.23. The minimum Gasteiger partial charge on any atom is -0.495 e. The lowest BCUT2D eigenvalue weighted by Gasteiger charge is -2.26. The molecule has 1 atom stereocenters. The third-order valence-corrected chi connectivity index (χ3v) is 6.41. The second-order valence-electron chi connectivity index (χ2n) is 9.17. The first-order valence-corrected chi connectivity index (χ1v) is 13.2. The average Bonchev–Trinajstić information content (AvgIpc) is 2.96. The van der Waals surface area contributed by atoms with E-state index in [1.807, 2.05) is 30.5 Å². The predicted molar refractivity (Wildman–Crippen MR) is 148 cm³/mol. The van der Waals surface area contributed by atoms with Crippen LogP contribution >= 0.6 is 0 Å². The molecule has 2 aromatic heterocycles. The van der Waals surface area contributed by atoms with Crippen molar-refractivity contribution in [1.82, 2.24) is 25.2 Å². The molecular formula is C28H37N7O3. The summed E-state index contributed by atoms with van der Waals surface area (Å²) in [6, 6.07) is 9.40. The van der Waals surface area contributed by atoms with Gasteiger partial charge in [0.15, 0.2) is 0 Å². The number of methoxy groups -OCH3 is 1. The van der Waals surface area contributed by atoms with E-state index in [-0.39, 0.29) is 12.1 Å². The van der Waals surface area contributed by atoms with Crippen LogP contribution in [0.4, 0.5) is 16.3 Å². The molecule has 3 heterocycles. The number of amides is 2. The van der Waals surface area contributed by atoms with Gasteiger partial charge in [-0.25, -0.2) is 9.78 Å². The van der Waals surface area contributed by atoms with Crippen LogP contribution in [-0.4, -0.2) is 72.4 Å². The van der Waals surface area contributed by atoms with E-state index < -0.39 is 0 Å². The zero-order chi connectivity index (χ0) is 26.6. The fraction of sp³-hybridized carbons (Fsp3) is 0.429. The number of anilines is 2. The second kappa shape index (κ2) is 14.3. The Kier molecular flexibility index (Phi) is 10.2. The first-order chi connectivity index (χ1) is 18.7. The number of pyridine rings is 1. The van der Waals surface area contributed by atoms with Gasteiger partial charge in [0.05, 0.1) is 50.1 Å². The summed E-state index contributed by atoms with van der Waals surface area (Å²) in [4.78, 5) is 28.2. The zero-order valence-electron chi connectivity index (χ0n) is 22.2. The van der Waals surface area contributed by atoms with E-state index in [2.05, 4.69) is 43.8 Å². The molecule has 38 heavy (non-hydrogen) atoms. The molecule has 3 aromatic rings. The Balaban J connectivity index is 1.36. The monoisotopic (exact) mass is 519 g/mol. The highest BCUT2D eigenvalue weighted by Gasteiger charge is 2.14. The molecule has 0 radical (unpaired) electrons. The van der Waals surface area contributed by atoms with E-state index in [1.165, 1.54) is 0 Å². The third-order valence-electron chi connectivity index (χ3n) is 6.41. The van der Waals surface area contributed by atoms with E-state index in [0.29, 0.717) is 29.5 Å². The number of rotatable bonds is 12. The van der Waals surface area contributed by atoms with Crippen LogP contribution in [0, 0.1) is 0 Å². The first kappa shape index (κ1) is 27.3. The molecule has 3 N–H and O–H groups in total. The van der Waals surface area contributed by atoms with E-state index in [0.717, 1.165) is 63.2 Å². The number of aromatic nitrogens is 3. The highest BCUT2D eigenvalue weighted by Crippen LogP contribution is 2.31. The van der Waals surface area contributed by atoms with Crippen molar-refractivity contribution < 1.29 is 14.3 Å². The van der Waals surface area contributed by atoms with E-state index in [1.54, 1.807) is 25.7 Å². The number of ether oxygens (including phenoxy) is 2. The van der Waals surface area contributed by atoms with Gasteiger partial charge in [-0.2, -0.15) is 0 Å². The Morgan fingerprint density at radius 3 is 2.79 bits per heavy atom. The number of carbonyl (C=O) groups is 1. The number of benzene rings is 1. The van der Waals surface area contributed by atoms with Crippen molar-refractivity contribution in [2.45, 2.75) is 32.2 Å². The molecule has 1 fully saturated rings.